The molecule has 1 aliphatic rings. The fourth-order valence-electron chi connectivity index (χ4n) is 3.17. The SMILES string of the molecule is COC[C@@H]1CN(Cc2ccc[nH]2)C[C@H]1c1ccncc1. The molecule has 0 amide bonds. The minimum Gasteiger partial charge on any atom is -0.384 e. The van der Waals surface area contributed by atoms with E-state index in [0.29, 0.717) is 11.8 Å². The van der Waals surface area contributed by atoms with Crippen LogP contribution in [0.2, 0.25) is 0 Å². The summed E-state index contributed by atoms with van der Waals surface area (Å²) >= 11 is 0. The van der Waals surface area contributed by atoms with Crippen molar-refractivity contribution in [3.8, 4) is 0 Å². The minimum absolute atomic E-state index is 0.535. The van der Waals surface area contributed by atoms with E-state index in [1.165, 1.54) is 11.3 Å². The highest BCUT2D eigenvalue weighted by Crippen LogP contribution is 2.33. The van der Waals surface area contributed by atoms with Gasteiger partial charge in [-0.15, -0.1) is 0 Å². The van der Waals surface area contributed by atoms with Crippen molar-refractivity contribution < 1.29 is 4.74 Å². The molecule has 0 bridgehead atoms. The first kappa shape index (κ1) is 13.3. The van der Waals surface area contributed by atoms with Gasteiger partial charge in [-0.05, 0) is 29.8 Å². The number of nitrogens with one attached hydrogen (secondary N) is 1. The smallest absolute Gasteiger partial charge is 0.0509 e. The standard InChI is InChI=1S/C16H21N3O/c1-20-12-14-9-19(10-15-3-2-6-18-15)11-16(14)13-4-7-17-8-5-13/h2-8,14,16,18H,9-12H2,1H3/t14-,16-/m0/s1. The van der Waals surface area contributed by atoms with E-state index in [1.54, 1.807) is 7.11 Å². The average molecular weight is 271 g/mol. The Kier molecular flexibility index (Phi) is 4.14. The highest BCUT2D eigenvalue weighted by atomic mass is 16.5. The van der Waals surface area contributed by atoms with Crippen LogP contribution in [0.4, 0.5) is 0 Å². The molecule has 1 N–H and O–H groups in total. The zero-order valence-corrected chi connectivity index (χ0v) is 11.8. The molecule has 0 spiro atoms. The summed E-state index contributed by atoms with van der Waals surface area (Å²) in [5, 5.41) is 0. The molecule has 106 valence electrons. The Bertz CT molecular complexity index is 512. The number of rotatable bonds is 5. The van der Waals surface area contributed by atoms with Gasteiger partial charge in [0.1, 0.15) is 0 Å². The van der Waals surface area contributed by atoms with Crippen molar-refractivity contribution in [3.63, 3.8) is 0 Å². The van der Waals surface area contributed by atoms with Crippen LogP contribution in [-0.2, 0) is 11.3 Å². The van der Waals surface area contributed by atoms with Gasteiger partial charge >= 0.3 is 0 Å². The fraction of sp³-hybridized carbons (Fsp3) is 0.438. The number of hydrogen-bond acceptors (Lipinski definition) is 3. The molecule has 3 rings (SSSR count). The number of pyridine rings is 1. The predicted molar refractivity (Wildman–Crippen MR) is 78.4 cm³/mol. The summed E-state index contributed by atoms with van der Waals surface area (Å²) in [7, 11) is 1.79. The summed E-state index contributed by atoms with van der Waals surface area (Å²) in [6.07, 6.45) is 5.75. The molecular weight excluding hydrogens is 250 g/mol. The maximum Gasteiger partial charge on any atom is 0.0509 e. The molecule has 1 saturated heterocycles. The second-order valence-corrected chi connectivity index (χ2v) is 5.49. The van der Waals surface area contributed by atoms with Crippen molar-refractivity contribution in [1.82, 2.24) is 14.9 Å². The number of likely N-dealkylation sites (tertiary alicyclic amines) is 1. The topological polar surface area (TPSA) is 41.1 Å². The average Bonchev–Trinajstić information content (AvgIpc) is 3.11. The molecule has 4 heteroatoms. The molecule has 0 saturated carbocycles. The number of H-pyrrole nitrogens is 1. The van der Waals surface area contributed by atoms with E-state index >= 15 is 0 Å². The first-order valence-corrected chi connectivity index (χ1v) is 7.10. The quantitative estimate of drug-likeness (QED) is 0.907. The predicted octanol–water partition coefficient (Wildman–Crippen LogP) is 2.27. The van der Waals surface area contributed by atoms with Gasteiger partial charge < -0.3 is 9.72 Å². The van der Waals surface area contributed by atoms with Crippen molar-refractivity contribution >= 4 is 0 Å². The van der Waals surface area contributed by atoms with E-state index in [-0.39, 0.29) is 0 Å². The molecule has 2 aromatic heterocycles. The third kappa shape index (κ3) is 2.92. The van der Waals surface area contributed by atoms with Crippen molar-refractivity contribution in [3.05, 3.63) is 54.1 Å². The van der Waals surface area contributed by atoms with E-state index in [9.17, 15) is 0 Å². The highest BCUT2D eigenvalue weighted by molar-refractivity contribution is 5.20. The van der Waals surface area contributed by atoms with Crippen LogP contribution in [0.1, 0.15) is 17.2 Å². The Labute approximate surface area is 119 Å². The maximum atomic E-state index is 5.41. The molecule has 3 heterocycles. The van der Waals surface area contributed by atoms with Gasteiger partial charge in [0, 0.05) is 62.9 Å². The number of aromatic amines is 1. The Morgan fingerprint density at radius 3 is 2.85 bits per heavy atom. The van der Waals surface area contributed by atoms with Crippen molar-refractivity contribution in [2.24, 2.45) is 5.92 Å². The van der Waals surface area contributed by atoms with Gasteiger partial charge in [-0.2, -0.15) is 0 Å². The molecule has 0 aliphatic carbocycles. The Hall–Kier alpha value is -1.65. The van der Waals surface area contributed by atoms with Crippen LogP contribution < -0.4 is 0 Å². The van der Waals surface area contributed by atoms with Gasteiger partial charge in [-0.3, -0.25) is 9.88 Å². The molecule has 2 aromatic rings. The second-order valence-electron chi connectivity index (χ2n) is 5.49. The van der Waals surface area contributed by atoms with Gasteiger partial charge in [0.2, 0.25) is 0 Å². The number of methoxy groups -OCH3 is 1. The lowest BCUT2D eigenvalue weighted by molar-refractivity contribution is 0.147. The van der Waals surface area contributed by atoms with Crippen molar-refractivity contribution in [1.29, 1.82) is 0 Å². The minimum atomic E-state index is 0.535. The number of hydrogen-bond donors (Lipinski definition) is 1. The van der Waals surface area contributed by atoms with Crippen molar-refractivity contribution in [2.45, 2.75) is 12.5 Å². The first-order chi connectivity index (χ1) is 9.86. The summed E-state index contributed by atoms with van der Waals surface area (Å²) in [5.74, 6) is 1.09. The lowest BCUT2D eigenvalue weighted by Gasteiger charge is -2.17. The fourth-order valence-corrected chi connectivity index (χ4v) is 3.17. The highest BCUT2D eigenvalue weighted by Gasteiger charge is 2.33. The molecule has 0 aromatic carbocycles. The van der Waals surface area contributed by atoms with Crippen LogP contribution in [0.3, 0.4) is 0 Å². The van der Waals surface area contributed by atoms with Crippen LogP contribution in [0, 0.1) is 5.92 Å². The van der Waals surface area contributed by atoms with E-state index in [1.807, 2.05) is 18.6 Å². The summed E-state index contributed by atoms with van der Waals surface area (Å²) in [6.45, 7) is 3.96. The molecule has 0 radical (unpaired) electrons. The monoisotopic (exact) mass is 271 g/mol. The molecular formula is C16H21N3O. The molecule has 20 heavy (non-hydrogen) atoms. The molecule has 1 fully saturated rings. The van der Waals surface area contributed by atoms with Crippen LogP contribution in [-0.4, -0.2) is 41.7 Å². The Balaban J connectivity index is 1.72. The third-order valence-electron chi connectivity index (χ3n) is 4.09. The third-order valence-corrected chi connectivity index (χ3v) is 4.09. The normalized spacial score (nSPS) is 23.2. The van der Waals surface area contributed by atoms with E-state index in [0.717, 1.165) is 26.2 Å². The second kappa shape index (κ2) is 6.20. The van der Waals surface area contributed by atoms with Crippen molar-refractivity contribution in [2.75, 3.05) is 26.8 Å². The number of ether oxygens (including phenoxy) is 1. The van der Waals surface area contributed by atoms with E-state index in [2.05, 4.69) is 39.1 Å². The zero-order valence-electron chi connectivity index (χ0n) is 11.8. The van der Waals surface area contributed by atoms with Gasteiger partial charge in [-0.1, -0.05) is 0 Å². The van der Waals surface area contributed by atoms with Crippen LogP contribution in [0.5, 0.6) is 0 Å². The van der Waals surface area contributed by atoms with Crippen LogP contribution >= 0.6 is 0 Å². The zero-order chi connectivity index (χ0) is 13.8. The van der Waals surface area contributed by atoms with E-state index < -0.39 is 0 Å². The molecule has 2 atom stereocenters. The van der Waals surface area contributed by atoms with Gasteiger partial charge in [0.25, 0.3) is 0 Å². The molecule has 4 nitrogen and oxygen atoms in total. The summed E-state index contributed by atoms with van der Waals surface area (Å²) in [6, 6.07) is 8.46. The Morgan fingerprint density at radius 2 is 2.15 bits per heavy atom. The van der Waals surface area contributed by atoms with Crippen LogP contribution in [0.25, 0.3) is 0 Å². The van der Waals surface area contributed by atoms with Crippen LogP contribution in [0.15, 0.2) is 42.9 Å². The summed E-state index contributed by atoms with van der Waals surface area (Å²) in [4.78, 5) is 9.90. The molecule has 0 unspecified atom stereocenters. The van der Waals surface area contributed by atoms with Gasteiger partial charge in [0.15, 0.2) is 0 Å². The first-order valence-electron chi connectivity index (χ1n) is 7.10. The number of nitrogens with zero attached hydrogens (tertiary/aromatic N) is 2. The summed E-state index contributed by atoms with van der Waals surface area (Å²) in [5.41, 5.74) is 2.65. The largest absolute Gasteiger partial charge is 0.384 e. The lowest BCUT2D eigenvalue weighted by Crippen LogP contribution is -2.21. The molecule has 1 aliphatic heterocycles. The summed E-state index contributed by atoms with van der Waals surface area (Å²) < 4.78 is 5.41. The number of aromatic nitrogens is 2. The Morgan fingerprint density at radius 1 is 1.30 bits per heavy atom. The maximum absolute atomic E-state index is 5.41. The lowest BCUT2D eigenvalue weighted by atomic mass is 9.90. The van der Waals surface area contributed by atoms with Gasteiger partial charge in [-0.25, -0.2) is 0 Å². The van der Waals surface area contributed by atoms with Gasteiger partial charge in [0.05, 0.1) is 6.61 Å². The van der Waals surface area contributed by atoms with E-state index in [4.69, 9.17) is 4.74 Å².